The van der Waals surface area contributed by atoms with E-state index in [1.807, 2.05) is 33.3 Å². The van der Waals surface area contributed by atoms with Crippen molar-refractivity contribution in [2.45, 2.75) is 167 Å². The highest BCUT2D eigenvalue weighted by Gasteiger charge is 2.27. The van der Waals surface area contributed by atoms with E-state index >= 15 is 0 Å². The van der Waals surface area contributed by atoms with E-state index < -0.39 is 38.6 Å². The Morgan fingerprint density at radius 3 is 1.85 bits per heavy atom. The topological polar surface area (TPSA) is 129 Å². The molecule has 0 heterocycles. The number of aliphatic hydroxyl groups is 1. The number of rotatable bonds is 37. The molecular weight excluding hydrogens is 705 g/mol. The van der Waals surface area contributed by atoms with Gasteiger partial charge < -0.3 is 24.0 Å². The molecule has 314 valence electrons. The summed E-state index contributed by atoms with van der Waals surface area (Å²) in [5.41, 5.74) is 0. The standard InChI is InChI=1S/C43H78NO9P/c1-6-8-10-12-14-16-18-20-21-23-25-27-29-32-40(45)33-31-35-42(46)50-38-41(39-52-54(48,49)51-37-36-44(3,4)5)53-43(47)34-30-28-26-24-22-19-17-15-13-11-9-7-2/h14,16,20-21,25,27,29,32,40-41,45H,6-13,15,17-19,22-24,26,28,30-31,33-39H2,1-5H3/p+1/b16-14-,21-20-,27-25-,32-29+/t40-,41-/m1/s1. The van der Waals surface area contributed by atoms with Crippen molar-refractivity contribution in [3.63, 3.8) is 0 Å². The van der Waals surface area contributed by atoms with Crippen LogP contribution in [0.2, 0.25) is 0 Å². The van der Waals surface area contributed by atoms with Crippen LogP contribution >= 0.6 is 7.82 Å². The number of hydrogen-bond acceptors (Lipinski definition) is 8. The van der Waals surface area contributed by atoms with Crippen LogP contribution in [0.15, 0.2) is 48.6 Å². The number of carbonyl (C=O) groups excluding carboxylic acids is 2. The van der Waals surface area contributed by atoms with E-state index in [4.69, 9.17) is 18.5 Å². The SMILES string of the molecule is CCCCC/C=C\C/C=C\C/C=C\C=C\[C@@H](O)CCCC(=O)OC[C@H](COP(=O)(O)OCC[N+](C)(C)C)OC(=O)CCCCCCCCCCCCCC. The maximum atomic E-state index is 12.6. The fourth-order valence-corrected chi connectivity index (χ4v) is 6.09. The van der Waals surface area contributed by atoms with Crippen LogP contribution in [0.4, 0.5) is 0 Å². The average Bonchev–Trinajstić information content (AvgIpc) is 3.11. The highest BCUT2D eigenvalue weighted by Crippen LogP contribution is 2.43. The molecule has 0 aromatic carbocycles. The Balaban J connectivity index is 4.58. The molecule has 0 spiro atoms. The fourth-order valence-electron chi connectivity index (χ4n) is 5.35. The zero-order valence-electron chi connectivity index (χ0n) is 34.8. The third kappa shape index (κ3) is 38.2. The quantitative estimate of drug-likeness (QED) is 0.0158. The Morgan fingerprint density at radius 2 is 1.22 bits per heavy atom. The molecule has 54 heavy (non-hydrogen) atoms. The lowest BCUT2D eigenvalue weighted by Gasteiger charge is -2.24. The largest absolute Gasteiger partial charge is 0.472 e. The lowest BCUT2D eigenvalue weighted by atomic mass is 10.0. The van der Waals surface area contributed by atoms with Gasteiger partial charge in [-0.3, -0.25) is 18.6 Å². The van der Waals surface area contributed by atoms with Gasteiger partial charge in [0.2, 0.25) is 0 Å². The van der Waals surface area contributed by atoms with Crippen LogP contribution in [0.1, 0.15) is 155 Å². The van der Waals surface area contributed by atoms with E-state index in [9.17, 15) is 24.2 Å². The molecule has 0 aliphatic heterocycles. The van der Waals surface area contributed by atoms with Crippen LogP contribution in [-0.2, 0) is 32.7 Å². The van der Waals surface area contributed by atoms with Crippen LogP contribution in [0.25, 0.3) is 0 Å². The van der Waals surface area contributed by atoms with E-state index in [2.05, 4.69) is 38.2 Å². The predicted octanol–water partition coefficient (Wildman–Crippen LogP) is 10.5. The number of likely N-dealkylation sites (N-methyl/N-ethyl adjacent to an activating group) is 1. The van der Waals surface area contributed by atoms with Gasteiger partial charge in [0.05, 0.1) is 33.9 Å². The van der Waals surface area contributed by atoms with Crippen molar-refractivity contribution in [3.8, 4) is 0 Å². The van der Waals surface area contributed by atoms with Crippen LogP contribution in [0, 0.1) is 0 Å². The van der Waals surface area contributed by atoms with Crippen LogP contribution in [0.3, 0.4) is 0 Å². The van der Waals surface area contributed by atoms with Crippen molar-refractivity contribution < 1.29 is 47.2 Å². The highest BCUT2D eigenvalue weighted by molar-refractivity contribution is 7.47. The second-order valence-corrected chi connectivity index (χ2v) is 16.7. The zero-order chi connectivity index (χ0) is 40.2. The number of ether oxygens (including phenoxy) is 2. The summed E-state index contributed by atoms with van der Waals surface area (Å²) in [7, 11) is 1.37. The number of phosphoric acid groups is 1. The monoisotopic (exact) mass is 785 g/mol. The summed E-state index contributed by atoms with van der Waals surface area (Å²) >= 11 is 0. The number of quaternary nitrogens is 1. The van der Waals surface area contributed by atoms with Gasteiger partial charge in [0.15, 0.2) is 6.10 Å². The van der Waals surface area contributed by atoms with Gasteiger partial charge in [-0.15, -0.1) is 0 Å². The van der Waals surface area contributed by atoms with E-state index in [1.54, 1.807) is 12.2 Å². The van der Waals surface area contributed by atoms with Gasteiger partial charge in [0.25, 0.3) is 0 Å². The van der Waals surface area contributed by atoms with Crippen molar-refractivity contribution >= 4 is 19.8 Å². The third-order valence-corrected chi connectivity index (χ3v) is 9.70. The van der Waals surface area contributed by atoms with Gasteiger partial charge in [-0.25, -0.2) is 4.57 Å². The summed E-state index contributed by atoms with van der Waals surface area (Å²) in [4.78, 5) is 35.3. The molecule has 3 atom stereocenters. The third-order valence-electron chi connectivity index (χ3n) is 8.72. The van der Waals surface area contributed by atoms with E-state index in [-0.39, 0.29) is 26.1 Å². The molecule has 0 aliphatic carbocycles. The Hall–Kier alpha value is -2.07. The molecule has 0 bridgehead atoms. The summed E-state index contributed by atoms with van der Waals surface area (Å²) in [5, 5.41) is 10.3. The molecule has 0 aromatic rings. The number of hydrogen-bond donors (Lipinski definition) is 2. The van der Waals surface area contributed by atoms with Crippen molar-refractivity contribution in [2.24, 2.45) is 0 Å². The minimum absolute atomic E-state index is 0.00170. The van der Waals surface area contributed by atoms with Gasteiger partial charge >= 0.3 is 19.8 Å². The van der Waals surface area contributed by atoms with Crippen molar-refractivity contribution in [1.29, 1.82) is 0 Å². The number of phosphoric ester groups is 1. The molecule has 0 saturated carbocycles. The second kappa shape index (κ2) is 35.4. The first kappa shape index (κ1) is 51.9. The molecule has 11 heteroatoms. The molecule has 2 N–H and O–H groups in total. The molecule has 0 saturated heterocycles. The lowest BCUT2D eigenvalue weighted by molar-refractivity contribution is -0.870. The molecular formula is C43H79NO9P+. The predicted molar refractivity (Wildman–Crippen MR) is 221 cm³/mol. The average molecular weight is 785 g/mol. The van der Waals surface area contributed by atoms with Crippen LogP contribution in [-0.4, -0.2) is 86.1 Å². The molecule has 0 aromatic heterocycles. The molecule has 1 unspecified atom stereocenters. The highest BCUT2D eigenvalue weighted by atomic mass is 31.2. The summed E-state index contributed by atoms with van der Waals surface area (Å²) in [5.74, 6) is -1.00. The molecule has 0 fully saturated rings. The first-order valence-corrected chi connectivity index (χ1v) is 22.5. The van der Waals surface area contributed by atoms with E-state index in [0.717, 1.165) is 38.5 Å². The maximum Gasteiger partial charge on any atom is 0.472 e. The molecule has 0 radical (unpaired) electrons. The van der Waals surface area contributed by atoms with Gasteiger partial charge in [-0.05, 0) is 44.9 Å². The number of esters is 2. The fraction of sp³-hybridized carbons (Fsp3) is 0.767. The van der Waals surface area contributed by atoms with Crippen molar-refractivity contribution in [1.82, 2.24) is 0 Å². The van der Waals surface area contributed by atoms with Gasteiger partial charge in [-0.2, -0.15) is 0 Å². The number of aliphatic hydroxyl groups excluding tert-OH is 1. The van der Waals surface area contributed by atoms with E-state index in [1.165, 1.54) is 70.6 Å². The van der Waals surface area contributed by atoms with E-state index in [0.29, 0.717) is 30.3 Å². The Bertz CT molecular complexity index is 1080. The second-order valence-electron chi connectivity index (χ2n) is 15.2. The Labute approximate surface area is 329 Å². The molecule has 0 amide bonds. The molecule has 0 rings (SSSR count). The van der Waals surface area contributed by atoms with Gasteiger partial charge in [0, 0.05) is 12.8 Å². The minimum Gasteiger partial charge on any atom is -0.462 e. The minimum atomic E-state index is -4.41. The summed E-state index contributed by atoms with van der Waals surface area (Å²) < 4.78 is 34.1. The van der Waals surface area contributed by atoms with Crippen LogP contribution in [0.5, 0.6) is 0 Å². The Morgan fingerprint density at radius 1 is 0.667 bits per heavy atom. The molecule has 10 nitrogen and oxygen atoms in total. The zero-order valence-corrected chi connectivity index (χ0v) is 35.7. The Kier molecular flexibility index (Phi) is 34.0. The molecule has 0 aliphatic rings. The van der Waals surface area contributed by atoms with Crippen molar-refractivity contribution in [2.75, 3.05) is 47.5 Å². The number of nitrogens with zero attached hydrogens (tertiary/aromatic N) is 1. The number of carbonyl (C=O) groups is 2. The normalized spacial score (nSPS) is 14.7. The number of unbranched alkanes of at least 4 members (excludes halogenated alkanes) is 14. The van der Waals surface area contributed by atoms with Gasteiger partial charge in [0.1, 0.15) is 19.8 Å². The first-order valence-electron chi connectivity index (χ1n) is 21.0. The van der Waals surface area contributed by atoms with Crippen LogP contribution < -0.4 is 0 Å². The number of allylic oxidation sites excluding steroid dienone is 7. The van der Waals surface area contributed by atoms with Gasteiger partial charge in [-0.1, -0.05) is 146 Å². The summed E-state index contributed by atoms with van der Waals surface area (Å²) in [6, 6.07) is 0. The maximum absolute atomic E-state index is 12.6. The lowest BCUT2D eigenvalue weighted by Crippen LogP contribution is -2.37. The summed E-state index contributed by atoms with van der Waals surface area (Å²) in [6.45, 7) is 4.15. The first-order chi connectivity index (χ1) is 25.9. The smallest absolute Gasteiger partial charge is 0.462 e. The summed E-state index contributed by atoms with van der Waals surface area (Å²) in [6.07, 6.45) is 36.2. The van der Waals surface area contributed by atoms with Crippen molar-refractivity contribution in [3.05, 3.63) is 48.6 Å².